The molecule has 1 aromatic carbocycles. The van der Waals surface area contributed by atoms with Crippen LogP contribution in [0.1, 0.15) is 42.1 Å². The molecule has 1 rings (SSSR count). The molecule has 0 bridgehead atoms. The van der Waals surface area contributed by atoms with Gasteiger partial charge in [0, 0.05) is 12.2 Å². The number of rotatable bonds is 7. The highest BCUT2D eigenvalue weighted by molar-refractivity contribution is 7.92. The number of sulfone groups is 1. The summed E-state index contributed by atoms with van der Waals surface area (Å²) in [7, 11) is -3.43. The molecule has 0 atom stereocenters. The van der Waals surface area contributed by atoms with E-state index in [1.165, 1.54) is 0 Å². The summed E-state index contributed by atoms with van der Waals surface area (Å²) in [5, 5.41) is 8.61. The van der Waals surface area contributed by atoms with Crippen LogP contribution in [0.2, 0.25) is 0 Å². The van der Waals surface area contributed by atoms with Crippen LogP contribution in [0.3, 0.4) is 0 Å². The highest BCUT2D eigenvalue weighted by atomic mass is 32.2. The molecule has 106 valence electrons. The van der Waals surface area contributed by atoms with Gasteiger partial charge < -0.3 is 5.11 Å². The van der Waals surface area contributed by atoms with E-state index in [1.54, 1.807) is 12.1 Å². The fraction of sp³-hybridized carbons (Fsp3) is 0.500. The van der Waals surface area contributed by atoms with E-state index < -0.39 is 21.4 Å². The Kier molecular flexibility index (Phi) is 5.69. The Morgan fingerprint density at radius 1 is 1.21 bits per heavy atom. The van der Waals surface area contributed by atoms with E-state index in [9.17, 15) is 13.2 Å². The van der Waals surface area contributed by atoms with Gasteiger partial charge >= 0.3 is 0 Å². The molecule has 0 aromatic heterocycles. The number of aliphatic hydroxyl groups is 1. The average Bonchev–Trinajstić information content (AvgIpc) is 2.36. The van der Waals surface area contributed by atoms with Crippen LogP contribution in [0, 0.1) is 0 Å². The van der Waals surface area contributed by atoms with Gasteiger partial charge in [-0.15, -0.1) is 0 Å². The number of carbonyl (C=O) groups excluding carboxylic acids is 1. The number of Topliss-reactive ketones (excluding diaryl/α,β-unsaturated/α-hetero) is 1. The standard InChI is InChI=1S/C14H20O4S/c1-11(2)12-4-6-13(7-5-12)14(16)10-19(17,18)9-3-8-15/h4-7,11,15H,3,8-10H2,1-2H3. The van der Waals surface area contributed by atoms with E-state index in [0.717, 1.165) is 5.56 Å². The molecule has 5 heteroatoms. The number of carbonyl (C=O) groups is 1. The van der Waals surface area contributed by atoms with Crippen molar-refractivity contribution in [2.24, 2.45) is 0 Å². The van der Waals surface area contributed by atoms with Gasteiger partial charge in [0.05, 0.1) is 5.75 Å². The van der Waals surface area contributed by atoms with Crippen molar-refractivity contribution < 1.29 is 18.3 Å². The van der Waals surface area contributed by atoms with E-state index in [1.807, 2.05) is 12.1 Å². The van der Waals surface area contributed by atoms with Gasteiger partial charge in [-0.2, -0.15) is 0 Å². The third kappa shape index (κ3) is 5.12. The van der Waals surface area contributed by atoms with Gasteiger partial charge in [-0.25, -0.2) is 8.42 Å². The molecular formula is C14H20O4S. The zero-order chi connectivity index (χ0) is 14.5. The quantitative estimate of drug-likeness (QED) is 0.775. The topological polar surface area (TPSA) is 71.4 Å². The van der Waals surface area contributed by atoms with Gasteiger partial charge in [0.1, 0.15) is 5.75 Å². The average molecular weight is 284 g/mol. The highest BCUT2D eigenvalue weighted by Crippen LogP contribution is 2.15. The van der Waals surface area contributed by atoms with Crippen molar-refractivity contribution in [1.82, 2.24) is 0 Å². The molecule has 0 spiro atoms. The Balaban J connectivity index is 2.73. The van der Waals surface area contributed by atoms with Crippen molar-refractivity contribution in [3.05, 3.63) is 35.4 Å². The summed E-state index contributed by atoms with van der Waals surface area (Å²) in [5.41, 5.74) is 1.52. The fourth-order valence-corrected chi connectivity index (χ4v) is 2.97. The minimum atomic E-state index is -3.43. The monoisotopic (exact) mass is 284 g/mol. The largest absolute Gasteiger partial charge is 0.396 e. The Hall–Kier alpha value is -1.20. The van der Waals surface area contributed by atoms with Gasteiger partial charge in [0.25, 0.3) is 0 Å². The number of hydrogen-bond donors (Lipinski definition) is 1. The molecule has 19 heavy (non-hydrogen) atoms. The first-order valence-electron chi connectivity index (χ1n) is 6.30. The van der Waals surface area contributed by atoms with Crippen molar-refractivity contribution >= 4 is 15.6 Å². The lowest BCUT2D eigenvalue weighted by molar-refractivity contribution is 0.102. The van der Waals surface area contributed by atoms with E-state index in [0.29, 0.717) is 11.5 Å². The third-order valence-corrected chi connectivity index (χ3v) is 4.48. The van der Waals surface area contributed by atoms with Crippen molar-refractivity contribution in [1.29, 1.82) is 0 Å². The summed E-state index contributed by atoms with van der Waals surface area (Å²) >= 11 is 0. The van der Waals surface area contributed by atoms with E-state index in [2.05, 4.69) is 13.8 Å². The van der Waals surface area contributed by atoms with E-state index >= 15 is 0 Å². The van der Waals surface area contributed by atoms with Crippen LogP contribution in [0.15, 0.2) is 24.3 Å². The second-order valence-corrected chi connectivity index (χ2v) is 7.05. The number of ketones is 1. The number of hydrogen-bond acceptors (Lipinski definition) is 4. The fourth-order valence-electron chi connectivity index (χ4n) is 1.69. The number of aliphatic hydroxyl groups excluding tert-OH is 1. The lowest BCUT2D eigenvalue weighted by Gasteiger charge is -2.07. The first-order valence-corrected chi connectivity index (χ1v) is 8.12. The highest BCUT2D eigenvalue weighted by Gasteiger charge is 2.17. The Morgan fingerprint density at radius 3 is 2.26 bits per heavy atom. The molecule has 0 aliphatic carbocycles. The summed E-state index contributed by atoms with van der Waals surface area (Å²) in [4.78, 5) is 11.9. The summed E-state index contributed by atoms with van der Waals surface area (Å²) in [6, 6.07) is 7.02. The van der Waals surface area contributed by atoms with E-state index in [4.69, 9.17) is 5.11 Å². The van der Waals surface area contributed by atoms with Gasteiger partial charge in [0.15, 0.2) is 15.6 Å². The van der Waals surface area contributed by atoms with Crippen molar-refractivity contribution in [2.75, 3.05) is 18.1 Å². The first kappa shape index (κ1) is 15.9. The molecule has 0 fully saturated rings. The molecule has 1 aromatic rings. The zero-order valence-corrected chi connectivity index (χ0v) is 12.1. The maximum Gasteiger partial charge on any atom is 0.177 e. The maximum atomic E-state index is 11.9. The Bertz CT molecular complexity index is 515. The van der Waals surface area contributed by atoms with Gasteiger partial charge in [-0.1, -0.05) is 38.1 Å². The van der Waals surface area contributed by atoms with Gasteiger partial charge in [-0.3, -0.25) is 4.79 Å². The molecule has 0 saturated heterocycles. The molecule has 0 unspecified atom stereocenters. The van der Waals surface area contributed by atoms with Crippen LogP contribution in [0.5, 0.6) is 0 Å². The zero-order valence-electron chi connectivity index (χ0n) is 11.3. The van der Waals surface area contributed by atoms with Crippen LogP contribution < -0.4 is 0 Å². The van der Waals surface area contributed by atoms with Crippen molar-refractivity contribution in [3.63, 3.8) is 0 Å². The van der Waals surface area contributed by atoms with E-state index in [-0.39, 0.29) is 18.8 Å². The van der Waals surface area contributed by atoms with Crippen LogP contribution in [0.4, 0.5) is 0 Å². The summed E-state index contributed by atoms with van der Waals surface area (Å²) in [5.74, 6) is -0.668. The van der Waals surface area contributed by atoms with Crippen LogP contribution in [-0.2, 0) is 9.84 Å². The SMILES string of the molecule is CC(C)c1ccc(C(=O)CS(=O)(=O)CCCO)cc1. The molecule has 0 saturated carbocycles. The smallest absolute Gasteiger partial charge is 0.177 e. The predicted molar refractivity (Wildman–Crippen MR) is 75.2 cm³/mol. The molecule has 1 N–H and O–H groups in total. The molecular weight excluding hydrogens is 264 g/mol. The van der Waals surface area contributed by atoms with Crippen LogP contribution >= 0.6 is 0 Å². The normalized spacial score (nSPS) is 11.8. The number of benzene rings is 1. The molecule has 0 amide bonds. The summed E-state index contributed by atoms with van der Waals surface area (Å²) in [6.07, 6.45) is 0.169. The minimum Gasteiger partial charge on any atom is -0.396 e. The molecule has 0 aliphatic heterocycles. The van der Waals surface area contributed by atoms with Crippen molar-refractivity contribution in [2.45, 2.75) is 26.2 Å². The van der Waals surface area contributed by atoms with Crippen LogP contribution in [0.25, 0.3) is 0 Å². The predicted octanol–water partition coefficient (Wildman–Crippen LogP) is 1.79. The molecule has 0 radical (unpaired) electrons. The minimum absolute atomic E-state index is 0.153. The maximum absolute atomic E-state index is 11.9. The first-order chi connectivity index (χ1) is 8.85. The Morgan fingerprint density at radius 2 is 1.79 bits per heavy atom. The molecule has 0 heterocycles. The lowest BCUT2D eigenvalue weighted by Crippen LogP contribution is -2.19. The second kappa shape index (κ2) is 6.82. The summed E-state index contributed by atoms with van der Waals surface area (Å²) in [6.45, 7) is 3.92. The lowest BCUT2D eigenvalue weighted by atomic mass is 10.0. The molecule has 4 nitrogen and oxygen atoms in total. The van der Waals surface area contributed by atoms with Gasteiger partial charge in [0.2, 0.25) is 0 Å². The van der Waals surface area contributed by atoms with Gasteiger partial charge in [-0.05, 0) is 17.9 Å². The van der Waals surface area contributed by atoms with Crippen LogP contribution in [-0.4, -0.2) is 37.4 Å². The second-order valence-electron chi connectivity index (χ2n) is 4.87. The Labute approximate surface area is 114 Å². The molecule has 0 aliphatic rings. The summed E-state index contributed by atoms with van der Waals surface area (Å²) < 4.78 is 23.2. The van der Waals surface area contributed by atoms with Crippen molar-refractivity contribution in [3.8, 4) is 0 Å². The third-order valence-electron chi connectivity index (χ3n) is 2.86.